The van der Waals surface area contributed by atoms with Crippen LogP contribution in [0.2, 0.25) is 10.0 Å². The zero-order chi connectivity index (χ0) is 21.8. The Labute approximate surface area is 183 Å². The number of hydrogen-bond acceptors (Lipinski definition) is 3. The van der Waals surface area contributed by atoms with Gasteiger partial charge >= 0.3 is 0 Å². The Kier molecular flexibility index (Phi) is 7.60. The van der Waals surface area contributed by atoms with Crippen LogP contribution < -0.4 is 9.62 Å². The number of anilines is 1. The highest BCUT2D eigenvalue weighted by Crippen LogP contribution is 2.33. The number of amides is 1. The lowest BCUT2D eigenvalue weighted by Gasteiger charge is -2.34. The number of benzene rings is 2. The van der Waals surface area contributed by atoms with Crippen molar-refractivity contribution in [2.75, 3.05) is 10.6 Å². The van der Waals surface area contributed by atoms with Crippen molar-refractivity contribution in [1.29, 1.82) is 0 Å². The lowest BCUT2D eigenvalue weighted by atomic mass is 9.94. The molecule has 0 heterocycles. The Morgan fingerprint density at radius 3 is 2.31 bits per heavy atom. The van der Waals surface area contributed by atoms with E-state index in [0.29, 0.717) is 11.4 Å². The van der Waals surface area contributed by atoms with E-state index in [-0.39, 0.29) is 17.1 Å². The number of hydrogen-bond donors (Lipinski definition) is 1. The third-order valence-corrected chi connectivity index (χ3v) is 6.15. The molecule has 0 bridgehead atoms. The SMILES string of the molecule is CCC(C(=O)NC(C)(C)Cc1ccccc1)N(c1cc(Cl)ccc1Cl)S(C)(=O)=O. The second-order valence-corrected chi connectivity index (χ2v) is 10.3. The molecule has 1 N–H and O–H groups in total. The number of halogens is 2. The first-order valence-corrected chi connectivity index (χ1v) is 11.9. The molecule has 2 aromatic rings. The Morgan fingerprint density at radius 1 is 1.14 bits per heavy atom. The van der Waals surface area contributed by atoms with Gasteiger partial charge in [0.2, 0.25) is 15.9 Å². The van der Waals surface area contributed by atoms with Gasteiger partial charge in [-0.2, -0.15) is 0 Å². The number of carbonyl (C=O) groups excluding carboxylic acids is 1. The summed E-state index contributed by atoms with van der Waals surface area (Å²) in [5.41, 5.74) is 0.681. The largest absolute Gasteiger partial charge is 0.349 e. The van der Waals surface area contributed by atoms with E-state index in [0.717, 1.165) is 16.1 Å². The minimum atomic E-state index is -3.80. The molecule has 29 heavy (non-hydrogen) atoms. The van der Waals surface area contributed by atoms with Crippen LogP contribution in [-0.4, -0.2) is 32.2 Å². The Morgan fingerprint density at radius 2 is 1.76 bits per heavy atom. The van der Waals surface area contributed by atoms with Gasteiger partial charge in [0.25, 0.3) is 0 Å². The van der Waals surface area contributed by atoms with E-state index in [2.05, 4.69) is 5.32 Å². The summed E-state index contributed by atoms with van der Waals surface area (Å²) in [6.07, 6.45) is 1.92. The summed E-state index contributed by atoms with van der Waals surface area (Å²) in [6.45, 7) is 5.56. The van der Waals surface area contributed by atoms with Crippen LogP contribution in [0.25, 0.3) is 0 Å². The molecule has 0 aliphatic carbocycles. The average Bonchev–Trinajstić information content (AvgIpc) is 2.60. The maximum Gasteiger partial charge on any atom is 0.244 e. The fourth-order valence-corrected chi connectivity index (χ4v) is 4.90. The molecule has 0 aliphatic heterocycles. The van der Waals surface area contributed by atoms with Crippen molar-refractivity contribution >= 4 is 44.8 Å². The molecule has 2 aromatic carbocycles. The third kappa shape index (κ3) is 6.36. The number of nitrogens with one attached hydrogen (secondary N) is 1. The van der Waals surface area contributed by atoms with Gasteiger partial charge in [0.1, 0.15) is 6.04 Å². The highest BCUT2D eigenvalue weighted by molar-refractivity contribution is 7.92. The predicted molar refractivity (Wildman–Crippen MR) is 120 cm³/mol. The van der Waals surface area contributed by atoms with Crippen LogP contribution in [0.4, 0.5) is 5.69 Å². The van der Waals surface area contributed by atoms with E-state index >= 15 is 0 Å². The van der Waals surface area contributed by atoms with Crippen molar-refractivity contribution < 1.29 is 13.2 Å². The first-order chi connectivity index (χ1) is 13.4. The molecule has 8 heteroatoms. The topological polar surface area (TPSA) is 66.5 Å². The monoisotopic (exact) mass is 456 g/mol. The van der Waals surface area contributed by atoms with E-state index in [4.69, 9.17) is 23.2 Å². The molecule has 0 saturated carbocycles. The van der Waals surface area contributed by atoms with Crippen LogP contribution in [0.5, 0.6) is 0 Å². The Hall–Kier alpha value is -1.76. The molecule has 0 radical (unpaired) electrons. The minimum Gasteiger partial charge on any atom is -0.349 e. The maximum absolute atomic E-state index is 13.1. The van der Waals surface area contributed by atoms with Crippen LogP contribution in [0.15, 0.2) is 48.5 Å². The average molecular weight is 457 g/mol. The van der Waals surface area contributed by atoms with Gasteiger partial charge in [0, 0.05) is 10.6 Å². The van der Waals surface area contributed by atoms with E-state index < -0.39 is 27.5 Å². The smallest absolute Gasteiger partial charge is 0.244 e. The van der Waals surface area contributed by atoms with E-state index in [1.807, 2.05) is 44.2 Å². The van der Waals surface area contributed by atoms with Crippen molar-refractivity contribution in [3.05, 3.63) is 64.1 Å². The number of nitrogens with zero attached hydrogens (tertiary/aromatic N) is 1. The number of sulfonamides is 1. The molecule has 0 aromatic heterocycles. The van der Waals surface area contributed by atoms with Crippen LogP contribution in [0.1, 0.15) is 32.8 Å². The highest BCUT2D eigenvalue weighted by Gasteiger charge is 2.35. The lowest BCUT2D eigenvalue weighted by Crippen LogP contribution is -2.55. The summed E-state index contributed by atoms with van der Waals surface area (Å²) >= 11 is 12.3. The minimum absolute atomic E-state index is 0.185. The normalized spacial score (nSPS) is 13.0. The van der Waals surface area contributed by atoms with Crippen molar-refractivity contribution in [3.8, 4) is 0 Å². The molecule has 1 unspecified atom stereocenters. The van der Waals surface area contributed by atoms with E-state index in [1.54, 1.807) is 13.0 Å². The van der Waals surface area contributed by atoms with Gasteiger partial charge in [-0.1, -0.05) is 60.5 Å². The first-order valence-electron chi connectivity index (χ1n) is 9.25. The predicted octanol–water partition coefficient (Wildman–Crippen LogP) is 4.68. The molecule has 2 rings (SSSR count). The van der Waals surface area contributed by atoms with Gasteiger partial charge in [-0.05, 0) is 50.5 Å². The molecule has 1 atom stereocenters. The van der Waals surface area contributed by atoms with E-state index in [1.165, 1.54) is 12.1 Å². The molecule has 0 spiro atoms. The molecule has 0 fully saturated rings. The van der Waals surface area contributed by atoms with Crippen molar-refractivity contribution in [2.24, 2.45) is 0 Å². The quantitative estimate of drug-likeness (QED) is 0.626. The first kappa shape index (κ1) is 23.5. The standard InChI is InChI=1S/C21H26Cl2N2O3S/c1-5-18(20(26)24-21(2,3)14-15-9-7-6-8-10-15)25(29(4,27)28)19-13-16(22)11-12-17(19)23/h6-13,18H,5,14H2,1-4H3,(H,24,26). The fraction of sp³-hybridized carbons (Fsp3) is 0.381. The highest BCUT2D eigenvalue weighted by atomic mass is 35.5. The summed E-state index contributed by atoms with van der Waals surface area (Å²) in [5.74, 6) is -0.394. The summed E-state index contributed by atoms with van der Waals surface area (Å²) < 4.78 is 26.3. The molecular weight excluding hydrogens is 431 g/mol. The fourth-order valence-electron chi connectivity index (χ4n) is 3.26. The number of rotatable bonds is 8. The molecule has 158 valence electrons. The van der Waals surface area contributed by atoms with Crippen LogP contribution in [-0.2, 0) is 21.2 Å². The van der Waals surface area contributed by atoms with Gasteiger partial charge in [-0.15, -0.1) is 0 Å². The van der Waals surface area contributed by atoms with Crippen molar-refractivity contribution in [2.45, 2.75) is 45.2 Å². The maximum atomic E-state index is 13.1. The molecule has 0 saturated heterocycles. The second kappa shape index (κ2) is 9.37. The lowest BCUT2D eigenvalue weighted by molar-refractivity contribution is -0.123. The Bertz CT molecular complexity index is 963. The van der Waals surface area contributed by atoms with Gasteiger partial charge in [0.15, 0.2) is 0 Å². The molecule has 1 amide bonds. The van der Waals surface area contributed by atoms with Crippen LogP contribution in [0, 0.1) is 0 Å². The zero-order valence-corrected chi connectivity index (χ0v) is 19.3. The van der Waals surface area contributed by atoms with Gasteiger partial charge < -0.3 is 5.32 Å². The zero-order valence-electron chi connectivity index (χ0n) is 16.9. The second-order valence-electron chi connectivity index (χ2n) is 7.61. The van der Waals surface area contributed by atoms with E-state index in [9.17, 15) is 13.2 Å². The van der Waals surface area contributed by atoms with Crippen LogP contribution in [0.3, 0.4) is 0 Å². The van der Waals surface area contributed by atoms with Gasteiger partial charge in [-0.3, -0.25) is 9.10 Å². The number of carbonyl (C=O) groups is 1. The van der Waals surface area contributed by atoms with Gasteiger partial charge in [0.05, 0.1) is 17.0 Å². The third-order valence-electron chi connectivity index (χ3n) is 4.43. The summed E-state index contributed by atoms with van der Waals surface area (Å²) in [6, 6.07) is 13.4. The van der Waals surface area contributed by atoms with Crippen LogP contribution >= 0.6 is 23.2 Å². The summed E-state index contributed by atoms with van der Waals surface area (Å²) in [7, 11) is -3.80. The summed E-state index contributed by atoms with van der Waals surface area (Å²) in [5, 5.41) is 3.53. The molecular formula is C21H26Cl2N2O3S. The van der Waals surface area contributed by atoms with Gasteiger partial charge in [-0.25, -0.2) is 8.42 Å². The molecule has 0 aliphatic rings. The Balaban J connectivity index is 2.34. The van der Waals surface area contributed by atoms with Crippen molar-refractivity contribution in [1.82, 2.24) is 5.32 Å². The summed E-state index contributed by atoms with van der Waals surface area (Å²) in [4.78, 5) is 13.1. The van der Waals surface area contributed by atoms with Crippen molar-refractivity contribution in [3.63, 3.8) is 0 Å². The molecule has 5 nitrogen and oxygen atoms in total.